The number of thiophene rings is 1. The van der Waals surface area contributed by atoms with Gasteiger partial charge in [-0.15, -0.1) is 0 Å². The maximum atomic E-state index is 9.40. The molecule has 0 atom stereocenters. The number of nitrogens with zero attached hydrogens (tertiary/aromatic N) is 1. The molecular weight excluding hydrogens is 206 g/mol. The molecule has 0 unspecified atom stereocenters. The maximum Gasteiger partial charge on any atom is 0.190 e. The van der Waals surface area contributed by atoms with Gasteiger partial charge in [0.2, 0.25) is 0 Å². The fourth-order valence-corrected chi connectivity index (χ4v) is 2.37. The highest BCUT2D eigenvalue weighted by molar-refractivity contribution is 7.21. The summed E-state index contributed by atoms with van der Waals surface area (Å²) in [4.78, 5) is 0. The van der Waals surface area contributed by atoms with Crippen LogP contribution in [0.1, 0.15) is 5.56 Å². The second kappa shape index (κ2) is 2.91. The van der Waals surface area contributed by atoms with Crippen LogP contribution in [-0.2, 0) is 0 Å². The minimum atomic E-state index is 0.0330. The molecule has 2 aromatic rings. The Hall–Kier alpha value is -1.24. The predicted molar refractivity (Wildman–Crippen MR) is 53.2 cm³/mol. The molecule has 1 N–H and O–H groups in total. The Morgan fingerprint density at radius 2 is 2.23 bits per heavy atom. The average molecular weight is 210 g/mol. The first-order valence-corrected chi connectivity index (χ1v) is 4.73. The van der Waals surface area contributed by atoms with Crippen LogP contribution in [0.4, 0.5) is 0 Å². The maximum absolute atomic E-state index is 9.40. The van der Waals surface area contributed by atoms with Gasteiger partial charge in [0.25, 0.3) is 0 Å². The molecule has 13 heavy (non-hydrogen) atoms. The number of fused-ring (bicyclic) bond motifs is 1. The van der Waals surface area contributed by atoms with Crippen LogP contribution in [-0.4, -0.2) is 5.11 Å². The lowest BCUT2D eigenvalue weighted by Crippen LogP contribution is -1.70. The van der Waals surface area contributed by atoms with Crippen molar-refractivity contribution in [1.29, 1.82) is 5.26 Å². The smallest absolute Gasteiger partial charge is 0.190 e. The van der Waals surface area contributed by atoms with E-state index in [1.807, 2.05) is 6.07 Å². The lowest BCUT2D eigenvalue weighted by molar-refractivity contribution is 0.490. The van der Waals surface area contributed by atoms with Gasteiger partial charge in [0.15, 0.2) is 5.06 Å². The zero-order valence-corrected chi connectivity index (χ0v) is 7.99. The summed E-state index contributed by atoms with van der Waals surface area (Å²) in [5, 5.41) is 19.5. The van der Waals surface area contributed by atoms with Gasteiger partial charge >= 0.3 is 0 Å². The molecule has 0 saturated carbocycles. The highest BCUT2D eigenvalue weighted by atomic mass is 35.5. The van der Waals surface area contributed by atoms with Gasteiger partial charge in [-0.1, -0.05) is 35.1 Å². The number of hydrogen-bond donors (Lipinski definition) is 1. The molecule has 2 rings (SSSR count). The Morgan fingerprint density at radius 3 is 2.92 bits per heavy atom. The Morgan fingerprint density at radius 1 is 1.46 bits per heavy atom. The van der Waals surface area contributed by atoms with Gasteiger partial charge in [-0.3, -0.25) is 0 Å². The van der Waals surface area contributed by atoms with Crippen LogP contribution in [0.15, 0.2) is 18.2 Å². The lowest BCUT2D eigenvalue weighted by atomic mass is 10.2. The second-order valence-corrected chi connectivity index (χ2v) is 3.92. The first-order valence-electron chi connectivity index (χ1n) is 3.54. The van der Waals surface area contributed by atoms with Crippen molar-refractivity contribution in [2.75, 3.05) is 0 Å². The van der Waals surface area contributed by atoms with Crippen LogP contribution >= 0.6 is 22.9 Å². The number of rotatable bonds is 0. The van der Waals surface area contributed by atoms with Crippen LogP contribution in [0.25, 0.3) is 10.1 Å². The topological polar surface area (TPSA) is 44.0 Å². The quantitative estimate of drug-likeness (QED) is 0.725. The third kappa shape index (κ3) is 1.15. The molecule has 64 valence electrons. The van der Waals surface area contributed by atoms with E-state index in [4.69, 9.17) is 16.9 Å². The van der Waals surface area contributed by atoms with Gasteiger partial charge in [0.1, 0.15) is 11.6 Å². The normalized spacial score (nSPS) is 10.2. The molecule has 0 aliphatic rings. The number of hydrogen-bond acceptors (Lipinski definition) is 3. The van der Waals surface area contributed by atoms with Crippen molar-refractivity contribution in [3.05, 3.63) is 28.8 Å². The first kappa shape index (κ1) is 8.36. The second-order valence-electron chi connectivity index (χ2n) is 2.51. The minimum absolute atomic E-state index is 0.0330. The van der Waals surface area contributed by atoms with Crippen molar-refractivity contribution in [3.63, 3.8) is 0 Å². The fourth-order valence-electron chi connectivity index (χ4n) is 1.18. The van der Waals surface area contributed by atoms with Crippen LogP contribution in [0.5, 0.6) is 5.06 Å². The lowest BCUT2D eigenvalue weighted by Gasteiger charge is -1.90. The van der Waals surface area contributed by atoms with Crippen molar-refractivity contribution in [3.8, 4) is 11.1 Å². The number of halogens is 1. The van der Waals surface area contributed by atoms with Crippen LogP contribution in [0.2, 0.25) is 5.02 Å². The zero-order chi connectivity index (χ0) is 9.42. The van der Waals surface area contributed by atoms with E-state index < -0.39 is 0 Å². The van der Waals surface area contributed by atoms with E-state index in [0.29, 0.717) is 10.6 Å². The molecule has 0 amide bonds. The standard InChI is InChI=1S/C9H4ClNOS/c10-7-3-1-2-5-6(4-11)9(12)13-8(5)7/h1-3,12H. The minimum Gasteiger partial charge on any atom is -0.499 e. The van der Waals surface area contributed by atoms with Crippen molar-refractivity contribution in [2.45, 2.75) is 0 Å². The molecule has 1 aromatic carbocycles. The van der Waals surface area contributed by atoms with Gasteiger partial charge < -0.3 is 5.11 Å². The summed E-state index contributed by atoms with van der Waals surface area (Å²) in [6.07, 6.45) is 0. The Kier molecular flexibility index (Phi) is 1.87. The summed E-state index contributed by atoms with van der Waals surface area (Å²) in [6.45, 7) is 0. The molecule has 0 aliphatic carbocycles. The van der Waals surface area contributed by atoms with Crippen LogP contribution in [0, 0.1) is 11.3 Å². The van der Waals surface area contributed by atoms with Gasteiger partial charge in [-0.25, -0.2) is 0 Å². The SMILES string of the molecule is N#Cc1c(O)sc2c(Cl)cccc12. The van der Waals surface area contributed by atoms with Gasteiger partial charge in [-0.2, -0.15) is 5.26 Å². The Bertz CT molecular complexity index is 512. The Balaban J connectivity index is 2.96. The van der Waals surface area contributed by atoms with E-state index in [1.54, 1.807) is 18.2 Å². The molecule has 0 bridgehead atoms. The van der Waals surface area contributed by atoms with Gasteiger partial charge in [0, 0.05) is 5.39 Å². The third-order valence-corrected chi connectivity index (χ3v) is 3.23. The largest absolute Gasteiger partial charge is 0.499 e. The van der Waals surface area contributed by atoms with E-state index in [9.17, 15) is 5.11 Å². The third-order valence-electron chi connectivity index (χ3n) is 1.76. The molecule has 0 aliphatic heterocycles. The summed E-state index contributed by atoms with van der Waals surface area (Å²) in [7, 11) is 0. The van der Waals surface area contributed by atoms with Crippen molar-refractivity contribution in [2.24, 2.45) is 0 Å². The molecule has 0 fully saturated rings. The summed E-state index contributed by atoms with van der Waals surface area (Å²) < 4.78 is 0.762. The monoisotopic (exact) mass is 209 g/mol. The van der Waals surface area contributed by atoms with Crippen molar-refractivity contribution < 1.29 is 5.11 Å². The van der Waals surface area contributed by atoms with Crippen LogP contribution < -0.4 is 0 Å². The van der Waals surface area contributed by atoms with E-state index in [1.165, 1.54) is 0 Å². The first-order chi connectivity index (χ1) is 6.24. The summed E-state index contributed by atoms with van der Waals surface area (Å²) in [5.41, 5.74) is 0.308. The highest BCUT2D eigenvalue weighted by Crippen LogP contribution is 2.39. The summed E-state index contributed by atoms with van der Waals surface area (Å²) >= 11 is 7.02. The molecular formula is C9H4ClNOS. The highest BCUT2D eigenvalue weighted by Gasteiger charge is 2.12. The summed E-state index contributed by atoms with van der Waals surface area (Å²) in [5.74, 6) is 0. The molecule has 1 heterocycles. The fraction of sp³-hybridized carbons (Fsp3) is 0. The molecule has 0 spiro atoms. The number of benzene rings is 1. The molecule has 4 heteroatoms. The van der Waals surface area contributed by atoms with E-state index in [2.05, 4.69) is 0 Å². The molecule has 2 nitrogen and oxygen atoms in total. The predicted octanol–water partition coefficient (Wildman–Crippen LogP) is 3.13. The average Bonchev–Trinajstić information content (AvgIpc) is 2.43. The summed E-state index contributed by atoms with van der Waals surface area (Å²) in [6, 6.07) is 7.22. The molecule has 1 aromatic heterocycles. The van der Waals surface area contributed by atoms with E-state index in [-0.39, 0.29) is 5.06 Å². The van der Waals surface area contributed by atoms with Gasteiger partial charge in [0.05, 0.1) is 9.72 Å². The van der Waals surface area contributed by atoms with Crippen molar-refractivity contribution in [1.82, 2.24) is 0 Å². The Labute approximate surface area is 83.6 Å². The number of nitriles is 1. The number of aromatic hydroxyl groups is 1. The van der Waals surface area contributed by atoms with Crippen LogP contribution in [0.3, 0.4) is 0 Å². The molecule has 0 radical (unpaired) electrons. The molecule has 0 saturated heterocycles. The van der Waals surface area contributed by atoms with E-state index in [0.717, 1.165) is 21.4 Å². The zero-order valence-electron chi connectivity index (χ0n) is 6.41. The van der Waals surface area contributed by atoms with Gasteiger partial charge in [-0.05, 0) is 6.07 Å². The van der Waals surface area contributed by atoms with E-state index >= 15 is 0 Å². The van der Waals surface area contributed by atoms with Crippen molar-refractivity contribution >= 4 is 33.0 Å².